The second-order valence-corrected chi connectivity index (χ2v) is 3.26. The zero-order valence-corrected chi connectivity index (χ0v) is 8.89. The number of esters is 1. The first-order valence-electron chi connectivity index (χ1n) is 4.29. The molecule has 2 N–H and O–H groups in total. The monoisotopic (exact) mass is 213 g/mol. The van der Waals surface area contributed by atoms with E-state index in [-0.39, 0.29) is 0 Å². The molecule has 0 spiro atoms. The van der Waals surface area contributed by atoms with Gasteiger partial charge < -0.3 is 10.5 Å². The van der Waals surface area contributed by atoms with Gasteiger partial charge in [0.15, 0.2) is 0 Å². The fourth-order valence-electron chi connectivity index (χ4n) is 1.18. The van der Waals surface area contributed by atoms with E-state index in [1.54, 1.807) is 26.0 Å². The molecule has 0 atom stereocenters. The molecular weight excluding hydrogens is 202 g/mol. The standard InChI is InChI=1S/C10H12ClNO2/c1-3-14-10(13)9-6(2)7(11)4-5-8(9)12/h4-5H,3,12H2,1-2H3. The Labute approximate surface area is 87.8 Å². The highest BCUT2D eigenvalue weighted by atomic mass is 35.5. The number of nitrogens with two attached hydrogens (primary N) is 1. The molecule has 0 heterocycles. The van der Waals surface area contributed by atoms with E-state index in [0.29, 0.717) is 28.4 Å². The van der Waals surface area contributed by atoms with Crippen molar-refractivity contribution in [2.24, 2.45) is 0 Å². The topological polar surface area (TPSA) is 52.3 Å². The summed E-state index contributed by atoms with van der Waals surface area (Å²) in [5.74, 6) is -0.426. The number of rotatable bonds is 2. The minimum atomic E-state index is -0.426. The lowest BCUT2D eigenvalue weighted by molar-refractivity contribution is 0.0527. The second-order valence-electron chi connectivity index (χ2n) is 2.86. The number of carbonyl (C=O) groups excluding carboxylic acids is 1. The van der Waals surface area contributed by atoms with E-state index >= 15 is 0 Å². The van der Waals surface area contributed by atoms with Crippen LogP contribution in [0.4, 0.5) is 5.69 Å². The van der Waals surface area contributed by atoms with Gasteiger partial charge in [0.1, 0.15) is 0 Å². The number of halogens is 1. The average molecular weight is 214 g/mol. The van der Waals surface area contributed by atoms with Crippen molar-refractivity contribution in [2.75, 3.05) is 12.3 Å². The number of benzene rings is 1. The molecule has 0 saturated heterocycles. The maximum Gasteiger partial charge on any atom is 0.340 e. The number of anilines is 1. The van der Waals surface area contributed by atoms with Gasteiger partial charge in [-0.2, -0.15) is 0 Å². The van der Waals surface area contributed by atoms with Gasteiger partial charge in [0, 0.05) is 10.7 Å². The molecule has 0 aromatic heterocycles. The SMILES string of the molecule is CCOC(=O)c1c(N)ccc(Cl)c1C. The summed E-state index contributed by atoms with van der Waals surface area (Å²) in [6.07, 6.45) is 0. The van der Waals surface area contributed by atoms with E-state index in [1.165, 1.54) is 0 Å². The maximum absolute atomic E-state index is 11.5. The van der Waals surface area contributed by atoms with Crippen LogP contribution in [0.5, 0.6) is 0 Å². The van der Waals surface area contributed by atoms with Crippen molar-refractivity contribution < 1.29 is 9.53 Å². The van der Waals surface area contributed by atoms with Crippen molar-refractivity contribution >= 4 is 23.3 Å². The summed E-state index contributed by atoms with van der Waals surface area (Å²) in [5.41, 5.74) is 7.07. The van der Waals surface area contributed by atoms with E-state index in [4.69, 9.17) is 22.1 Å². The van der Waals surface area contributed by atoms with Crippen LogP contribution in [-0.2, 0) is 4.74 Å². The van der Waals surface area contributed by atoms with Gasteiger partial charge in [-0.3, -0.25) is 0 Å². The molecule has 3 nitrogen and oxygen atoms in total. The molecule has 0 aliphatic rings. The second kappa shape index (κ2) is 4.33. The van der Waals surface area contributed by atoms with E-state index in [2.05, 4.69) is 0 Å². The Kier molecular flexibility index (Phi) is 3.36. The Bertz CT molecular complexity index is 363. The van der Waals surface area contributed by atoms with Crippen LogP contribution in [0, 0.1) is 6.92 Å². The third kappa shape index (κ3) is 1.99. The summed E-state index contributed by atoms with van der Waals surface area (Å²) in [4.78, 5) is 11.5. The van der Waals surface area contributed by atoms with Crippen LogP contribution in [0.25, 0.3) is 0 Å². The summed E-state index contributed by atoms with van der Waals surface area (Å²) >= 11 is 5.87. The molecular formula is C10H12ClNO2. The van der Waals surface area contributed by atoms with Crippen molar-refractivity contribution in [1.29, 1.82) is 0 Å². The molecule has 0 bridgehead atoms. The Morgan fingerprint density at radius 1 is 1.57 bits per heavy atom. The third-order valence-electron chi connectivity index (χ3n) is 1.91. The van der Waals surface area contributed by atoms with Gasteiger partial charge in [-0.1, -0.05) is 11.6 Å². The van der Waals surface area contributed by atoms with E-state index < -0.39 is 5.97 Å². The molecule has 0 aliphatic carbocycles. The van der Waals surface area contributed by atoms with Crippen molar-refractivity contribution in [3.8, 4) is 0 Å². The fraction of sp³-hybridized carbons (Fsp3) is 0.300. The van der Waals surface area contributed by atoms with Gasteiger partial charge in [0.25, 0.3) is 0 Å². The smallest absolute Gasteiger partial charge is 0.340 e. The number of hydrogen-bond acceptors (Lipinski definition) is 3. The first kappa shape index (κ1) is 10.9. The molecule has 0 aliphatic heterocycles. The van der Waals surface area contributed by atoms with E-state index in [0.717, 1.165) is 0 Å². The largest absolute Gasteiger partial charge is 0.462 e. The molecule has 0 saturated carbocycles. The lowest BCUT2D eigenvalue weighted by atomic mass is 10.1. The summed E-state index contributed by atoms with van der Waals surface area (Å²) in [6, 6.07) is 3.26. The molecule has 0 amide bonds. The highest BCUT2D eigenvalue weighted by Gasteiger charge is 2.15. The van der Waals surface area contributed by atoms with Crippen LogP contribution >= 0.6 is 11.6 Å². The Balaban J connectivity index is 3.18. The Morgan fingerprint density at radius 3 is 2.79 bits per heavy atom. The van der Waals surface area contributed by atoms with Crippen LogP contribution in [0.15, 0.2) is 12.1 Å². The van der Waals surface area contributed by atoms with Crippen LogP contribution < -0.4 is 5.73 Å². The van der Waals surface area contributed by atoms with E-state index in [9.17, 15) is 4.79 Å². The molecule has 0 unspecified atom stereocenters. The summed E-state index contributed by atoms with van der Waals surface area (Å²) in [5, 5.41) is 0.516. The lowest BCUT2D eigenvalue weighted by Crippen LogP contribution is -2.10. The number of ether oxygens (including phenoxy) is 1. The van der Waals surface area contributed by atoms with Crippen LogP contribution in [0.3, 0.4) is 0 Å². The van der Waals surface area contributed by atoms with E-state index in [1.807, 2.05) is 0 Å². The predicted molar refractivity (Wildman–Crippen MR) is 56.6 cm³/mol. The fourth-order valence-corrected chi connectivity index (χ4v) is 1.34. The van der Waals surface area contributed by atoms with Crippen LogP contribution in [0.2, 0.25) is 5.02 Å². The van der Waals surface area contributed by atoms with Crippen molar-refractivity contribution in [2.45, 2.75) is 13.8 Å². The summed E-state index contributed by atoms with van der Waals surface area (Å²) in [6.45, 7) is 3.81. The lowest BCUT2D eigenvalue weighted by Gasteiger charge is -2.09. The van der Waals surface area contributed by atoms with Gasteiger partial charge in [-0.05, 0) is 31.5 Å². The molecule has 1 rings (SSSR count). The van der Waals surface area contributed by atoms with Gasteiger partial charge >= 0.3 is 5.97 Å². The zero-order valence-electron chi connectivity index (χ0n) is 8.13. The zero-order chi connectivity index (χ0) is 10.7. The number of carbonyl (C=O) groups is 1. The Morgan fingerprint density at radius 2 is 2.21 bits per heavy atom. The number of hydrogen-bond donors (Lipinski definition) is 1. The van der Waals surface area contributed by atoms with Crippen molar-refractivity contribution in [3.63, 3.8) is 0 Å². The Hall–Kier alpha value is -1.22. The molecule has 1 aromatic carbocycles. The first-order valence-corrected chi connectivity index (χ1v) is 4.67. The van der Waals surface area contributed by atoms with Crippen molar-refractivity contribution in [1.82, 2.24) is 0 Å². The van der Waals surface area contributed by atoms with Crippen molar-refractivity contribution in [3.05, 3.63) is 28.3 Å². The predicted octanol–water partition coefficient (Wildman–Crippen LogP) is 2.41. The molecule has 4 heteroatoms. The average Bonchev–Trinajstić information content (AvgIpc) is 2.13. The quantitative estimate of drug-likeness (QED) is 0.606. The molecule has 14 heavy (non-hydrogen) atoms. The van der Waals surface area contributed by atoms with Gasteiger partial charge in [-0.15, -0.1) is 0 Å². The number of nitrogen functional groups attached to an aromatic ring is 1. The molecule has 0 fully saturated rings. The normalized spacial score (nSPS) is 9.93. The van der Waals surface area contributed by atoms with Gasteiger partial charge in [-0.25, -0.2) is 4.79 Å². The molecule has 1 aromatic rings. The van der Waals surface area contributed by atoms with Gasteiger partial charge in [0.2, 0.25) is 0 Å². The highest BCUT2D eigenvalue weighted by Crippen LogP contribution is 2.24. The highest BCUT2D eigenvalue weighted by molar-refractivity contribution is 6.32. The van der Waals surface area contributed by atoms with Crippen LogP contribution in [0.1, 0.15) is 22.8 Å². The third-order valence-corrected chi connectivity index (χ3v) is 2.32. The van der Waals surface area contributed by atoms with Crippen LogP contribution in [-0.4, -0.2) is 12.6 Å². The first-order chi connectivity index (χ1) is 6.57. The molecule has 0 radical (unpaired) electrons. The summed E-state index contributed by atoms with van der Waals surface area (Å²) < 4.78 is 4.87. The summed E-state index contributed by atoms with van der Waals surface area (Å²) in [7, 11) is 0. The maximum atomic E-state index is 11.5. The molecule has 76 valence electrons. The minimum absolute atomic E-state index is 0.324. The minimum Gasteiger partial charge on any atom is -0.462 e. The van der Waals surface area contributed by atoms with Gasteiger partial charge in [0.05, 0.1) is 12.2 Å².